The Morgan fingerprint density at radius 2 is 1.79 bits per heavy atom. The molecule has 0 amide bonds. The van der Waals surface area contributed by atoms with Crippen LogP contribution in [0.5, 0.6) is 0 Å². The van der Waals surface area contributed by atoms with E-state index in [9.17, 15) is 0 Å². The minimum Gasteiger partial charge on any atom is -0.379 e. The lowest BCUT2D eigenvalue weighted by molar-refractivity contribution is 0.0541. The van der Waals surface area contributed by atoms with Crippen molar-refractivity contribution in [2.75, 3.05) is 26.4 Å². The first kappa shape index (κ1) is 11.2. The van der Waals surface area contributed by atoms with Gasteiger partial charge in [0, 0.05) is 6.61 Å². The molecule has 2 heteroatoms. The molecule has 1 radical (unpaired) electrons. The number of rotatable bonds is 7. The van der Waals surface area contributed by atoms with Crippen molar-refractivity contribution >= 4 is 0 Å². The Kier molecular flexibility index (Phi) is 6.04. The van der Waals surface area contributed by atoms with Crippen molar-refractivity contribution in [3.05, 3.63) is 35.9 Å². The fraction of sp³-hybridized carbons (Fsp3) is 0.500. The van der Waals surface area contributed by atoms with Crippen LogP contribution >= 0.6 is 0 Å². The zero-order valence-electron chi connectivity index (χ0n) is 8.66. The van der Waals surface area contributed by atoms with Crippen LogP contribution in [0.25, 0.3) is 0 Å². The monoisotopic (exact) mass is 193 g/mol. The second kappa shape index (κ2) is 7.54. The predicted octanol–water partition coefficient (Wildman–Crippen LogP) is 2.08. The summed E-state index contributed by atoms with van der Waals surface area (Å²) in [5, 5.41) is 0. The molecule has 2 nitrogen and oxygen atoms in total. The summed E-state index contributed by atoms with van der Waals surface area (Å²) in [4.78, 5) is 0. The van der Waals surface area contributed by atoms with Gasteiger partial charge in [0.1, 0.15) is 0 Å². The minimum atomic E-state index is 0.687. The summed E-state index contributed by atoms with van der Waals surface area (Å²) in [5.41, 5.74) is 1.29. The van der Waals surface area contributed by atoms with Gasteiger partial charge in [-0.15, -0.1) is 0 Å². The SMILES string of the molecule is CCOCCOCCc1cc[c]cc1. The molecule has 1 rings (SSSR count). The Hall–Kier alpha value is -0.860. The molecule has 1 aromatic rings. The van der Waals surface area contributed by atoms with Crippen molar-refractivity contribution in [2.24, 2.45) is 0 Å². The fourth-order valence-electron chi connectivity index (χ4n) is 1.14. The Morgan fingerprint density at radius 1 is 1.07 bits per heavy atom. The standard InChI is InChI=1S/C12H17O2/c1-2-13-10-11-14-9-8-12-6-4-3-5-7-12/h4-7H,2,8-11H2,1H3. The van der Waals surface area contributed by atoms with Crippen LogP contribution in [0.3, 0.4) is 0 Å². The average molecular weight is 193 g/mol. The molecule has 0 aliphatic heterocycles. The number of benzene rings is 1. The summed E-state index contributed by atoms with van der Waals surface area (Å²) in [5.74, 6) is 0. The lowest BCUT2D eigenvalue weighted by atomic mass is 10.2. The molecule has 0 spiro atoms. The molecule has 0 saturated heterocycles. The molecule has 0 atom stereocenters. The van der Waals surface area contributed by atoms with Crippen molar-refractivity contribution in [2.45, 2.75) is 13.3 Å². The van der Waals surface area contributed by atoms with Gasteiger partial charge in [-0.2, -0.15) is 0 Å². The number of ether oxygens (including phenoxy) is 2. The summed E-state index contributed by atoms with van der Waals surface area (Å²) in [6, 6.07) is 11.0. The van der Waals surface area contributed by atoms with E-state index in [1.807, 2.05) is 19.1 Å². The highest BCUT2D eigenvalue weighted by Gasteiger charge is 1.91. The fourth-order valence-corrected chi connectivity index (χ4v) is 1.14. The molecule has 0 fully saturated rings. The van der Waals surface area contributed by atoms with Gasteiger partial charge in [0.15, 0.2) is 0 Å². The van der Waals surface area contributed by atoms with Gasteiger partial charge in [0.2, 0.25) is 0 Å². The zero-order valence-corrected chi connectivity index (χ0v) is 8.66. The molecule has 0 aromatic heterocycles. The van der Waals surface area contributed by atoms with Gasteiger partial charge in [-0.3, -0.25) is 0 Å². The molecule has 0 aliphatic carbocycles. The van der Waals surface area contributed by atoms with Crippen molar-refractivity contribution in [3.8, 4) is 0 Å². The third-order valence-electron chi connectivity index (χ3n) is 1.90. The highest BCUT2D eigenvalue weighted by Crippen LogP contribution is 1.98. The molecule has 0 aliphatic rings. The lowest BCUT2D eigenvalue weighted by Crippen LogP contribution is -2.06. The summed E-state index contributed by atoms with van der Waals surface area (Å²) >= 11 is 0. The van der Waals surface area contributed by atoms with E-state index >= 15 is 0 Å². The molecular formula is C12H17O2. The van der Waals surface area contributed by atoms with E-state index < -0.39 is 0 Å². The van der Waals surface area contributed by atoms with E-state index in [0.29, 0.717) is 13.2 Å². The van der Waals surface area contributed by atoms with Crippen molar-refractivity contribution in [1.29, 1.82) is 0 Å². The second-order valence-electron chi connectivity index (χ2n) is 2.97. The molecule has 0 N–H and O–H groups in total. The van der Waals surface area contributed by atoms with Gasteiger partial charge in [0.05, 0.1) is 19.8 Å². The molecule has 0 unspecified atom stereocenters. The summed E-state index contributed by atoms with van der Waals surface area (Å²) in [6.07, 6.45) is 0.959. The predicted molar refractivity (Wildman–Crippen MR) is 56.3 cm³/mol. The molecule has 1 aromatic carbocycles. The van der Waals surface area contributed by atoms with Gasteiger partial charge < -0.3 is 9.47 Å². The van der Waals surface area contributed by atoms with Crippen molar-refractivity contribution in [1.82, 2.24) is 0 Å². The second-order valence-corrected chi connectivity index (χ2v) is 2.97. The third kappa shape index (κ3) is 5.00. The van der Waals surface area contributed by atoms with E-state index in [0.717, 1.165) is 19.6 Å². The first-order valence-corrected chi connectivity index (χ1v) is 5.04. The lowest BCUT2D eigenvalue weighted by Gasteiger charge is -2.04. The van der Waals surface area contributed by atoms with Crippen LogP contribution in [0.1, 0.15) is 12.5 Å². The van der Waals surface area contributed by atoms with Crippen LogP contribution in [0.15, 0.2) is 24.3 Å². The molecule has 0 bridgehead atoms. The number of hydrogen-bond donors (Lipinski definition) is 0. The smallest absolute Gasteiger partial charge is 0.0700 e. The van der Waals surface area contributed by atoms with Crippen LogP contribution in [0, 0.1) is 6.07 Å². The normalized spacial score (nSPS) is 10.4. The van der Waals surface area contributed by atoms with Crippen molar-refractivity contribution in [3.63, 3.8) is 0 Å². The Morgan fingerprint density at radius 3 is 2.50 bits per heavy atom. The minimum absolute atomic E-state index is 0.687. The average Bonchev–Trinajstić information content (AvgIpc) is 2.25. The largest absolute Gasteiger partial charge is 0.379 e. The molecule has 0 heterocycles. The van der Waals surface area contributed by atoms with Gasteiger partial charge >= 0.3 is 0 Å². The van der Waals surface area contributed by atoms with E-state index in [2.05, 4.69) is 18.2 Å². The Balaban J connectivity index is 1.99. The van der Waals surface area contributed by atoms with E-state index in [1.54, 1.807) is 0 Å². The van der Waals surface area contributed by atoms with E-state index in [1.165, 1.54) is 5.56 Å². The maximum atomic E-state index is 5.40. The topological polar surface area (TPSA) is 18.5 Å². The summed E-state index contributed by atoms with van der Waals surface area (Å²) < 4.78 is 10.6. The highest BCUT2D eigenvalue weighted by molar-refractivity contribution is 5.13. The highest BCUT2D eigenvalue weighted by atomic mass is 16.5. The summed E-state index contributed by atoms with van der Waals surface area (Å²) in [6.45, 7) is 4.89. The van der Waals surface area contributed by atoms with Gasteiger partial charge in [-0.25, -0.2) is 0 Å². The molecule has 77 valence electrons. The molecule has 14 heavy (non-hydrogen) atoms. The van der Waals surface area contributed by atoms with E-state index in [-0.39, 0.29) is 0 Å². The first-order valence-electron chi connectivity index (χ1n) is 5.04. The maximum Gasteiger partial charge on any atom is 0.0700 e. The van der Waals surface area contributed by atoms with Crippen LogP contribution in [-0.2, 0) is 15.9 Å². The molecular weight excluding hydrogens is 176 g/mol. The van der Waals surface area contributed by atoms with Gasteiger partial charge in [-0.1, -0.05) is 24.3 Å². The van der Waals surface area contributed by atoms with Crippen LogP contribution < -0.4 is 0 Å². The van der Waals surface area contributed by atoms with Crippen LogP contribution in [0.4, 0.5) is 0 Å². The van der Waals surface area contributed by atoms with E-state index in [4.69, 9.17) is 9.47 Å². The first-order chi connectivity index (χ1) is 6.93. The Labute approximate surface area is 85.8 Å². The molecule has 0 saturated carbocycles. The summed E-state index contributed by atoms with van der Waals surface area (Å²) in [7, 11) is 0. The number of hydrogen-bond acceptors (Lipinski definition) is 2. The van der Waals surface area contributed by atoms with Crippen LogP contribution in [0.2, 0.25) is 0 Å². The van der Waals surface area contributed by atoms with Gasteiger partial charge in [-0.05, 0) is 25.0 Å². The van der Waals surface area contributed by atoms with Gasteiger partial charge in [0.25, 0.3) is 0 Å². The maximum absolute atomic E-state index is 5.40. The third-order valence-corrected chi connectivity index (χ3v) is 1.90. The Bertz CT molecular complexity index is 221. The quantitative estimate of drug-likeness (QED) is 0.617. The van der Waals surface area contributed by atoms with Crippen molar-refractivity contribution < 1.29 is 9.47 Å². The van der Waals surface area contributed by atoms with Crippen LogP contribution in [-0.4, -0.2) is 26.4 Å². The zero-order chi connectivity index (χ0) is 10.1.